The van der Waals surface area contributed by atoms with Crippen molar-refractivity contribution in [3.8, 4) is 0 Å². The topological polar surface area (TPSA) is 36.9 Å². The summed E-state index contributed by atoms with van der Waals surface area (Å²) in [6, 6.07) is 0. The van der Waals surface area contributed by atoms with Crippen LogP contribution in [0.4, 0.5) is 0 Å². The largest absolute Gasteiger partial charge is 0.344 e. The molecule has 172 valence electrons. The highest BCUT2D eigenvalue weighted by Crippen LogP contribution is 2.42. The summed E-state index contributed by atoms with van der Waals surface area (Å²) < 4.78 is 23.4. The van der Waals surface area contributed by atoms with Gasteiger partial charge in [0.25, 0.3) is 0 Å². The Labute approximate surface area is 184 Å². The van der Waals surface area contributed by atoms with E-state index in [-0.39, 0.29) is 12.2 Å². The molecule has 0 aromatic rings. The molecular weight excluding hydrogens is 376 g/mol. The van der Waals surface area contributed by atoms with Gasteiger partial charge in [0, 0.05) is 0 Å². The molecule has 2 aliphatic heterocycles. The van der Waals surface area contributed by atoms with Gasteiger partial charge in [0.05, 0.1) is 25.4 Å². The first-order valence-corrected chi connectivity index (χ1v) is 11.9. The Morgan fingerprint density at radius 3 is 1.30 bits per heavy atom. The Bertz CT molecular complexity index is 619. The lowest BCUT2D eigenvalue weighted by Crippen LogP contribution is -2.32. The van der Waals surface area contributed by atoms with Gasteiger partial charge in [-0.05, 0) is 88.2 Å². The van der Waals surface area contributed by atoms with Gasteiger partial charge in [0.2, 0.25) is 0 Å². The zero-order valence-electron chi connectivity index (χ0n) is 20.6. The van der Waals surface area contributed by atoms with Crippen LogP contribution in [0, 0.1) is 10.8 Å². The van der Waals surface area contributed by atoms with Crippen LogP contribution in [0.2, 0.25) is 0 Å². The fraction of sp³-hybridized carbons (Fsp3) is 0.846. The zero-order chi connectivity index (χ0) is 22.2. The molecular formula is C26H44O4. The molecule has 2 saturated heterocycles. The molecule has 4 atom stereocenters. The third-order valence-corrected chi connectivity index (χ3v) is 6.87. The Kier molecular flexibility index (Phi) is 6.94. The Morgan fingerprint density at radius 1 is 0.667 bits per heavy atom. The molecule has 4 unspecified atom stereocenters. The molecule has 4 aliphatic rings. The van der Waals surface area contributed by atoms with Crippen molar-refractivity contribution in [1.82, 2.24) is 0 Å². The average Bonchev–Trinajstić information content (AvgIpc) is 3.17. The number of hydrogen-bond acceptors (Lipinski definition) is 4. The van der Waals surface area contributed by atoms with Crippen molar-refractivity contribution in [1.29, 1.82) is 0 Å². The summed E-state index contributed by atoms with van der Waals surface area (Å²) >= 11 is 0. The molecule has 2 fully saturated rings. The lowest BCUT2D eigenvalue weighted by atomic mass is 9.78. The van der Waals surface area contributed by atoms with Gasteiger partial charge in [-0.1, -0.05) is 39.8 Å². The van der Waals surface area contributed by atoms with E-state index in [4.69, 9.17) is 18.9 Å². The lowest BCUT2D eigenvalue weighted by Gasteiger charge is -2.34. The van der Waals surface area contributed by atoms with E-state index < -0.39 is 11.6 Å². The number of ether oxygens (including phenoxy) is 4. The summed E-state index contributed by atoms with van der Waals surface area (Å²) in [4.78, 5) is 0. The summed E-state index contributed by atoms with van der Waals surface area (Å²) in [7, 11) is 0. The van der Waals surface area contributed by atoms with E-state index in [1.807, 2.05) is 0 Å². The second-order valence-electron chi connectivity index (χ2n) is 11.4. The second kappa shape index (κ2) is 8.69. The van der Waals surface area contributed by atoms with Crippen LogP contribution in [0.15, 0.2) is 23.3 Å². The van der Waals surface area contributed by atoms with Crippen LogP contribution in [-0.4, -0.2) is 37.0 Å². The van der Waals surface area contributed by atoms with Crippen LogP contribution in [0.25, 0.3) is 0 Å². The van der Waals surface area contributed by atoms with Crippen LogP contribution in [0.3, 0.4) is 0 Å². The number of hydrogen-bond donors (Lipinski definition) is 0. The van der Waals surface area contributed by atoms with Crippen molar-refractivity contribution >= 4 is 0 Å². The Hall–Kier alpha value is -0.680. The fourth-order valence-corrected chi connectivity index (χ4v) is 5.21. The number of allylic oxidation sites excluding steroid dienone is 2. The molecule has 0 N–H and O–H groups in total. The fourth-order valence-electron chi connectivity index (χ4n) is 5.21. The standard InChI is InChI=1S/2C13H22O2/c2*1-10-9-14-13(4,15-10)11-6-5-7-12(2,3)8-11/h2*8,10H,5-7,9H2,1-4H3. The maximum Gasteiger partial charge on any atom is 0.188 e. The van der Waals surface area contributed by atoms with Gasteiger partial charge in [0.15, 0.2) is 11.6 Å². The first-order valence-electron chi connectivity index (χ1n) is 11.9. The van der Waals surface area contributed by atoms with Gasteiger partial charge in [-0.2, -0.15) is 0 Å². The van der Waals surface area contributed by atoms with E-state index in [0.29, 0.717) is 24.0 Å². The van der Waals surface area contributed by atoms with Gasteiger partial charge in [0.1, 0.15) is 0 Å². The number of rotatable bonds is 2. The maximum atomic E-state index is 5.89. The quantitative estimate of drug-likeness (QED) is 0.475. The normalized spacial score (nSPS) is 40.3. The van der Waals surface area contributed by atoms with Crippen molar-refractivity contribution < 1.29 is 18.9 Å². The SMILES string of the molecule is CC1COC(C)(C2=CC(C)(C)CCC2)O1.CC1COC(C)(C2=CC(C)(C)CCC2)O1. The zero-order valence-corrected chi connectivity index (χ0v) is 20.6. The predicted octanol–water partition coefficient (Wildman–Crippen LogP) is 6.55. The van der Waals surface area contributed by atoms with Crippen molar-refractivity contribution in [2.75, 3.05) is 13.2 Å². The van der Waals surface area contributed by atoms with E-state index in [9.17, 15) is 0 Å². The summed E-state index contributed by atoms with van der Waals surface area (Å²) in [5.74, 6) is -0.895. The van der Waals surface area contributed by atoms with Crippen LogP contribution in [0.5, 0.6) is 0 Å². The van der Waals surface area contributed by atoms with Crippen molar-refractivity contribution in [2.45, 2.75) is 118 Å². The van der Waals surface area contributed by atoms with Crippen molar-refractivity contribution in [2.24, 2.45) is 10.8 Å². The molecule has 0 amide bonds. The van der Waals surface area contributed by atoms with E-state index in [1.165, 1.54) is 36.8 Å². The molecule has 0 radical (unpaired) electrons. The Morgan fingerprint density at radius 2 is 1.03 bits per heavy atom. The molecule has 0 saturated carbocycles. The lowest BCUT2D eigenvalue weighted by molar-refractivity contribution is -0.124. The van der Waals surface area contributed by atoms with Crippen LogP contribution >= 0.6 is 0 Å². The smallest absolute Gasteiger partial charge is 0.188 e. The van der Waals surface area contributed by atoms with Gasteiger partial charge in [-0.3, -0.25) is 0 Å². The maximum absolute atomic E-state index is 5.89. The van der Waals surface area contributed by atoms with E-state index in [1.54, 1.807) is 0 Å². The van der Waals surface area contributed by atoms with Crippen LogP contribution in [0.1, 0.15) is 93.9 Å². The first kappa shape index (κ1) is 24.0. The molecule has 0 bridgehead atoms. The highest BCUT2D eigenvalue weighted by molar-refractivity contribution is 5.20. The third-order valence-electron chi connectivity index (χ3n) is 6.87. The molecule has 0 aromatic carbocycles. The highest BCUT2D eigenvalue weighted by Gasteiger charge is 2.41. The summed E-state index contributed by atoms with van der Waals surface area (Å²) in [6.07, 6.45) is 12.4. The minimum absolute atomic E-state index is 0.223. The third kappa shape index (κ3) is 5.76. The molecule has 4 rings (SSSR count). The predicted molar refractivity (Wildman–Crippen MR) is 121 cm³/mol. The molecule has 4 nitrogen and oxygen atoms in total. The van der Waals surface area contributed by atoms with E-state index >= 15 is 0 Å². The molecule has 2 heterocycles. The van der Waals surface area contributed by atoms with Gasteiger partial charge < -0.3 is 18.9 Å². The molecule has 0 aromatic heterocycles. The summed E-state index contributed by atoms with van der Waals surface area (Å²) in [6.45, 7) is 18.8. The molecule has 0 spiro atoms. The minimum atomic E-state index is -0.447. The summed E-state index contributed by atoms with van der Waals surface area (Å²) in [5, 5.41) is 0. The molecule has 2 aliphatic carbocycles. The molecule has 30 heavy (non-hydrogen) atoms. The molecule has 4 heteroatoms. The highest BCUT2D eigenvalue weighted by atomic mass is 16.7. The van der Waals surface area contributed by atoms with Gasteiger partial charge >= 0.3 is 0 Å². The monoisotopic (exact) mass is 420 g/mol. The van der Waals surface area contributed by atoms with Crippen molar-refractivity contribution in [3.05, 3.63) is 23.3 Å². The second-order valence-corrected chi connectivity index (χ2v) is 11.4. The first-order chi connectivity index (χ1) is 13.8. The van der Waals surface area contributed by atoms with Gasteiger partial charge in [-0.25, -0.2) is 0 Å². The van der Waals surface area contributed by atoms with Crippen LogP contribution in [-0.2, 0) is 18.9 Å². The Balaban J connectivity index is 0.000000171. The average molecular weight is 421 g/mol. The minimum Gasteiger partial charge on any atom is -0.344 e. The van der Waals surface area contributed by atoms with E-state index in [0.717, 1.165) is 12.8 Å². The van der Waals surface area contributed by atoms with Crippen molar-refractivity contribution in [3.63, 3.8) is 0 Å². The van der Waals surface area contributed by atoms with E-state index in [2.05, 4.69) is 67.5 Å². The van der Waals surface area contributed by atoms with Gasteiger partial charge in [-0.15, -0.1) is 0 Å². The van der Waals surface area contributed by atoms with Crippen LogP contribution < -0.4 is 0 Å². The summed E-state index contributed by atoms with van der Waals surface area (Å²) in [5.41, 5.74) is 3.27.